The van der Waals surface area contributed by atoms with Crippen LogP contribution in [0.15, 0.2) is 36.7 Å². The largest absolute Gasteiger partial charge is 0.304 e. The molecule has 4 heteroatoms. The van der Waals surface area contributed by atoms with Crippen molar-refractivity contribution in [3.8, 4) is 11.3 Å². The fraction of sp³-hybridized carbons (Fsp3) is 0.133. The number of aromatic nitrogens is 2. The summed E-state index contributed by atoms with van der Waals surface area (Å²) >= 11 is 12.1. The topological polar surface area (TPSA) is 17.3 Å². The third-order valence-electron chi connectivity index (χ3n) is 3.28. The third-order valence-corrected chi connectivity index (χ3v) is 3.76. The summed E-state index contributed by atoms with van der Waals surface area (Å²) in [6.45, 7) is 4.19. The molecule has 0 saturated carbocycles. The van der Waals surface area contributed by atoms with Gasteiger partial charge in [-0.15, -0.1) is 0 Å². The SMILES string of the molecule is Cc1ccc(-c2cn3cc(Cl)cc(Cl)c3n2)cc1C. The van der Waals surface area contributed by atoms with Crippen molar-refractivity contribution in [2.75, 3.05) is 0 Å². The fourth-order valence-corrected chi connectivity index (χ4v) is 2.59. The molecule has 0 fully saturated rings. The molecule has 0 radical (unpaired) electrons. The van der Waals surface area contributed by atoms with Crippen LogP contribution in [0.3, 0.4) is 0 Å². The highest BCUT2D eigenvalue weighted by Gasteiger charge is 2.09. The maximum absolute atomic E-state index is 6.15. The fourth-order valence-electron chi connectivity index (χ4n) is 2.06. The zero-order valence-electron chi connectivity index (χ0n) is 10.6. The lowest BCUT2D eigenvalue weighted by Gasteiger charge is -2.01. The second-order valence-corrected chi connectivity index (χ2v) is 5.51. The highest BCUT2D eigenvalue weighted by atomic mass is 35.5. The lowest BCUT2D eigenvalue weighted by molar-refractivity contribution is 1.19. The average Bonchev–Trinajstić information content (AvgIpc) is 2.76. The van der Waals surface area contributed by atoms with E-state index in [2.05, 4.69) is 37.0 Å². The maximum atomic E-state index is 6.15. The standard InChI is InChI=1S/C15H12Cl2N2/c1-9-3-4-11(5-10(9)2)14-8-19-7-12(16)6-13(17)15(19)18-14/h3-8H,1-2H3. The monoisotopic (exact) mass is 290 g/mol. The summed E-state index contributed by atoms with van der Waals surface area (Å²) in [5.74, 6) is 0. The molecule has 2 heterocycles. The van der Waals surface area contributed by atoms with Gasteiger partial charge in [0, 0.05) is 18.0 Å². The van der Waals surface area contributed by atoms with Gasteiger partial charge in [0.15, 0.2) is 5.65 Å². The van der Waals surface area contributed by atoms with Gasteiger partial charge in [-0.25, -0.2) is 4.98 Å². The van der Waals surface area contributed by atoms with Gasteiger partial charge in [0.2, 0.25) is 0 Å². The summed E-state index contributed by atoms with van der Waals surface area (Å²) in [5, 5.41) is 1.16. The Labute approximate surface area is 121 Å². The van der Waals surface area contributed by atoms with E-state index in [-0.39, 0.29) is 0 Å². The van der Waals surface area contributed by atoms with Crippen molar-refractivity contribution >= 4 is 28.8 Å². The average molecular weight is 291 g/mol. The van der Waals surface area contributed by atoms with Gasteiger partial charge < -0.3 is 4.40 Å². The molecular weight excluding hydrogens is 279 g/mol. The Hall–Kier alpha value is -1.51. The van der Waals surface area contributed by atoms with Crippen LogP contribution in [-0.2, 0) is 0 Å². The lowest BCUT2D eigenvalue weighted by atomic mass is 10.1. The first-order chi connectivity index (χ1) is 9.04. The second-order valence-electron chi connectivity index (χ2n) is 4.66. The molecule has 0 saturated heterocycles. The minimum Gasteiger partial charge on any atom is -0.304 e. The van der Waals surface area contributed by atoms with Crippen molar-refractivity contribution in [3.63, 3.8) is 0 Å². The van der Waals surface area contributed by atoms with E-state index in [9.17, 15) is 0 Å². The van der Waals surface area contributed by atoms with Gasteiger partial charge in [-0.3, -0.25) is 0 Å². The molecule has 3 aromatic rings. The molecule has 2 nitrogen and oxygen atoms in total. The number of fused-ring (bicyclic) bond motifs is 1. The van der Waals surface area contributed by atoms with Gasteiger partial charge in [-0.2, -0.15) is 0 Å². The van der Waals surface area contributed by atoms with Crippen LogP contribution in [0, 0.1) is 13.8 Å². The smallest absolute Gasteiger partial charge is 0.156 e. The number of rotatable bonds is 1. The second kappa shape index (κ2) is 4.55. The van der Waals surface area contributed by atoms with Gasteiger partial charge in [0.25, 0.3) is 0 Å². The highest BCUT2D eigenvalue weighted by Crippen LogP contribution is 2.26. The first kappa shape index (κ1) is 12.5. The number of hydrogen-bond donors (Lipinski definition) is 0. The molecule has 96 valence electrons. The first-order valence-electron chi connectivity index (χ1n) is 5.96. The quantitative estimate of drug-likeness (QED) is 0.621. The van der Waals surface area contributed by atoms with Crippen molar-refractivity contribution in [3.05, 3.63) is 57.8 Å². The van der Waals surface area contributed by atoms with Crippen LogP contribution in [-0.4, -0.2) is 9.38 Å². The molecule has 0 aliphatic carbocycles. The molecule has 0 unspecified atom stereocenters. The lowest BCUT2D eigenvalue weighted by Crippen LogP contribution is -1.83. The Morgan fingerprint density at radius 2 is 1.79 bits per heavy atom. The van der Waals surface area contributed by atoms with Crippen molar-refractivity contribution in [2.45, 2.75) is 13.8 Å². The predicted molar refractivity (Wildman–Crippen MR) is 80.1 cm³/mol. The van der Waals surface area contributed by atoms with Crippen LogP contribution < -0.4 is 0 Å². The van der Waals surface area contributed by atoms with E-state index >= 15 is 0 Å². The summed E-state index contributed by atoms with van der Waals surface area (Å²) in [4.78, 5) is 4.57. The van der Waals surface area contributed by atoms with E-state index in [0.717, 1.165) is 16.9 Å². The van der Waals surface area contributed by atoms with Crippen LogP contribution in [0.2, 0.25) is 10.0 Å². The Bertz CT molecular complexity index is 775. The van der Waals surface area contributed by atoms with Crippen LogP contribution in [0.4, 0.5) is 0 Å². The summed E-state index contributed by atoms with van der Waals surface area (Å²) < 4.78 is 1.86. The molecule has 2 aromatic heterocycles. The first-order valence-corrected chi connectivity index (χ1v) is 6.71. The molecule has 0 atom stereocenters. The van der Waals surface area contributed by atoms with E-state index in [0.29, 0.717) is 10.0 Å². The number of nitrogens with zero attached hydrogens (tertiary/aromatic N) is 2. The van der Waals surface area contributed by atoms with Crippen LogP contribution in [0.5, 0.6) is 0 Å². The van der Waals surface area contributed by atoms with Gasteiger partial charge in [0.05, 0.1) is 15.7 Å². The van der Waals surface area contributed by atoms with E-state index in [1.54, 1.807) is 12.3 Å². The van der Waals surface area contributed by atoms with Crippen LogP contribution in [0.25, 0.3) is 16.9 Å². The molecular formula is C15H12Cl2N2. The van der Waals surface area contributed by atoms with Crippen molar-refractivity contribution in [1.29, 1.82) is 0 Å². The predicted octanol–water partition coefficient (Wildman–Crippen LogP) is 4.92. The number of imidazole rings is 1. The van der Waals surface area contributed by atoms with Crippen molar-refractivity contribution in [1.82, 2.24) is 9.38 Å². The van der Waals surface area contributed by atoms with E-state index in [4.69, 9.17) is 23.2 Å². The number of aryl methyl sites for hydroxylation is 2. The third kappa shape index (κ3) is 2.22. The number of pyridine rings is 1. The Morgan fingerprint density at radius 1 is 1.00 bits per heavy atom. The minimum atomic E-state index is 0.558. The van der Waals surface area contributed by atoms with E-state index in [1.807, 2.05) is 10.6 Å². The van der Waals surface area contributed by atoms with Gasteiger partial charge >= 0.3 is 0 Å². The molecule has 19 heavy (non-hydrogen) atoms. The Morgan fingerprint density at radius 3 is 2.53 bits per heavy atom. The summed E-state index contributed by atoms with van der Waals surface area (Å²) in [6.07, 6.45) is 3.75. The Kier molecular flexibility index (Phi) is 3.00. The molecule has 1 aromatic carbocycles. The van der Waals surface area contributed by atoms with Crippen molar-refractivity contribution < 1.29 is 0 Å². The number of benzene rings is 1. The van der Waals surface area contributed by atoms with E-state index < -0.39 is 0 Å². The molecule has 0 aliphatic heterocycles. The summed E-state index contributed by atoms with van der Waals surface area (Å²) in [5.41, 5.74) is 5.22. The molecule has 0 aliphatic rings. The van der Waals surface area contributed by atoms with Crippen molar-refractivity contribution in [2.24, 2.45) is 0 Å². The maximum Gasteiger partial charge on any atom is 0.156 e. The molecule has 3 rings (SSSR count). The van der Waals surface area contributed by atoms with E-state index in [1.165, 1.54) is 11.1 Å². The van der Waals surface area contributed by atoms with Crippen LogP contribution in [0.1, 0.15) is 11.1 Å². The molecule has 0 bridgehead atoms. The highest BCUT2D eigenvalue weighted by molar-refractivity contribution is 6.36. The van der Waals surface area contributed by atoms with Crippen LogP contribution >= 0.6 is 23.2 Å². The number of halogens is 2. The van der Waals surface area contributed by atoms with Gasteiger partial charge in [-0.1, -0.05) is 35.3 Å². The molecule has 0 N–H and O–H groups in total. The summed E-state index contributed by atoms with van der Waals surface area (Å²) in [7, 11) is 0. The molecule has 0 spiro atoms. The summed E-state index contributed by atoms with van der Waals surface area (Å²) in [6, 6.07) is 8.01. The Balaban J connectivity index is 2.20. The van der Waals surface area contributed by atoms with Gasteiger partial charge in [-0.05, 0) is 37.1 Å². The minimum absolute atomic E-state index is 0.558. The number of hydrogen-bond acceptors (Lipinski definition) is 1. The molecule has 0 amide bonds. The zero-order chi connectivity index (χ0) is 13.6. The normalized spacial score (nSPS) is 11.2. The van der Waals surface area contributed by atoms with Gasteiger partial charge in [0.1, 0.15) is 0 Å². The zero-order valence-corrected chi connectivity index (χ0v) is 12.1.